The summed E-state index contributed by atoms with van der Waals surface area (Å²) in [6.45, 7) is 16.5. The van der Waals surface area contributed by atoms with Gasteiger partial charge in [-0.1, -0.05) is 20.8 Å². The lowest BCUT2D eigenvalue weighted by molar-refractivity contribution is -0.231. The predicted molar refractivity (Wildman–Crippen MR) is 111 cm³/mol. The third kappa shape index (κ3) is 5.16. The molecular formula is C21H40O6Si. The molecule has 1 saturated heterocycles. The van der Waals surface area contributed by atoms with Crippen molar-refractivity contribution in [1.82, 2.24) is 0 Å². The van der Waals surface area contributed by atoms with Gasteiger partial charge in [-0.25, -0.2) is 0 Å². The Morgan fingerprint density at radius 1 is 1.11 bits per heavy atom. The number of rotatable bonds is 7. The van der Waals surface area contributed by atoms with Crippen molar-refractivity contribution in [3.8, 4) is 0 Å². The molecule has 1 heterocycles. The van der Waals surface area contributed by atoms with E-state index in [1.54, 1.807) is 7.11 Å². The monoisotopic (exact) mass is 416 g/mol. The number of ether oxygens (including phenoxy) is 4. The van der Waals surface area contributed by atoms with Crippen LogP contribution in [-0.4, -0.2) is 59.7 Å². The summed E-state index contributed by atoms with van der Waals surface area (Å²) in [5.74, 6) is -0.126. The van der Waals surface area contributed by atoms with Crippen LogP contribution in [0.1, 0.15) is 47.5 Å². The molecule has 1 unspecified atom stereocenters. The van der Waals surface area contributed by atoms with Gasteiger partial charge in [0, 0.05) is 26.1 Å². The number of esters is 1. The van der Waals surface area contributed by atoms with Crippen molar-refractivity contribution in [3.05, 3.63) is 0 Å². The molecule has 0 radical (unpaired) electrons. The average molecular weight is 417 g/mol. The average Bonchev–Trinajstić information content (AvgIpc) is 2.60. The van der Waals surface area contributed by atoms with Crippen LogP contribution in [0.15, 0.2) is 0 Å². The second-order valence-electron chi connectivity index (χ2n) is 9.49. The summed E-state index contributed by atoms with van der Waals surface area (Å²) in [5, 5.41) is 0.0880. The first kappa shape index (κ1) is 23.8. The summed E-state index contributed by atoms with van der Waals surface area (Å²) in [6, 6.07) is 0. The molecule has 0 N–H and O–H groups in total. The number of hydrogen-bond donors (Lipinski definition) is 0. The highest BCUT2D eigenvalue weighted by Crippen LogP contribution is 2.47. The fraction of sp³-hybridized carbons (Fsp3) is 0.952. The minimum Gasteiger partial charge on any atom is -0.466 e. The van der Waals surface area contributed by atoms with Gasteiger partial charge in [0.2, 0.25) is 0 Å². The number of methoxy groups -OCH3 is 1. The van der Waals surface area contributed by atoms with Gasteiger partial charge in [-0.15, -0.1) is 0 Å². The summed E-state index contributed by atoms with van der Waals surface area (Å²) in [7, 11) is -0.274. The van der Waals surface area contributed by atoms with E-state index in [1.165, 1.54) is 0 Å². The Balaban J connectivity index is 2.29. The van der Waals surface area contributed by atoms with Crippen LogP contribution in [-0.2, 0) is 28.2 Å². The molecule has 28 heavy (non-hydrogen) atoms. The molecule has 2 aliphatic rings. The van der Waals surface area contributed by atoms with E-state index in [4.69, 9.17) is 23.4 Å². The van der Waals surface area contributed by atoms with Gasteiger partial charge < -0.3 is 23.4 Å². The van der Waals surface area contributed by atoms with Gasteiger partial charge >= 0.3 is 5.97 Å². The van der Waals surface area contributed by atoms with Crippen LogP contribution in [0, 0.1) is 17.8 Å². The van der Waals surface area contributed by atoms with E-state index in [9.17, 15) is 4.79 Å². The Kier molecular flexibility index (Phi) is 8.12. The Morgan fingerprint density at radius 2 is 1.79 bits per heavy atom. The molecule has 0 aromatic heterocycles. The van der Waals surface area contributed by atoms with Gasteiger partial charge in [0.15, 0.2) is 14.6 Å². The highest BCUT2D eigenvalue weighted by Gasteiger charge is 2.53. The largest absolute Gasteiger partial charge is 0.466 e. The first-order chi connectivity index (χ1) is 13.1. The third-order valence-corrected chi connectivity index (χ3v) is 11.3. The smallest absolute Gasteiger partial charge is 0.309 e. The van der Waals surface area contributed by atoms with E-state index >= 15 is 0 Å². The Bertz CT molecular complexity index is 518. The number of carbonyl (C=O) groups excluding carboxylic acids is 1. The van der Waals surface area contributed by atoms with Crippen molar-refractivity contribution in [3.63, 3.8) is 0 Å². The van der Waals surface area contributed by atoms with Crippen molar-refractivity contribution >= 4 is 14.3 Å². The van der Waals surface area contributed by atoms with Crippen LogP contribution in [0.5, 0.6) is 0 Å². The van der Waals surface area contributed by atoms with Crippen LogP contribution < -0.4 is 0 Å². The molecule has 2 fully saturated rings. The van der Waals surface area contributed by atoms with Crippen molar-refractivity contribution in [2.24, 2.45) is 17.8 Å². The fourth-order valence-electron chi connectivity index (χ4n) is 4.26. The quantitative estimate of drug-likeness (QED) is 0.462. The molecule has 164 valence electrons. The lowest BCUT2D eigenvalue weighted by Gasteiger charge is -2.51. The first-order valence-corrected chi connectivity index (χ1v) is 13.6. The molecule has 7 heteroatoms. The molecule has 6 atom stereocenters. The van der Waals surface area contributed by atoms with Crippen LogP contribution in [0.3, 0.4) is 0 Å². The lowest BCUT2D eigenvalue weighted by atomic mass is 9.67. The van der Waals surface area contributed by atoms with Crippen LogP contribution in [0.4, 0.5) is 0 Å². The second-order valence-corrected chi connectivity index (χ2v) is 14.2. The molecular weight excluding hydrogens is 376 g/mol. The molecule has 0 spiro atoms. The summed E-state index contributed by atoms with van der Waals surface area (Å²) >= 11 is 0. The zero-order valence-corrected chi connectivity index (χ0v) is 19.9. The maximum atomic E-state index is 12.8. The molecule has 0 aromatic rings. The second kappa shape index (κ2) is 9.56. The SMILES string of the molecule is CCOC(=O)[C@H]1C[C@@H](O[Si](C)(C)C(C)(C)C)[C@H](OC)[C@H]2COC(OCC)C[C@H]21. The van der Waals surface area contributed by atoms with E-state index < -0.39 is 8.32 Å². The van der Waals surface area contributed by atoms with Gasteiger partial charge in [-0.05, 0) is 44.3 Å². The number of hydrogen-bond acceptors (Lipinski definition) is 6. The van der Waals surface area contributed by atoms with E-state index in [0.717, 1.165) is 0 Å². The third-order valence-electron chi connectivity index (χ3n) is 6.75. The van der Waals surface area contributed by atoms with Gasteiger partial charge in [0.25, 0.3) is 0 Å². The zero-order valence-electron chi connectivity index (χ0n) is 18.9. The first-order valence-electron chi connectivity index (χ1n) is 10.7. The Labute approximate surface area is 171 Å². The lowest BCUT2D eigenvalue weighted by Crippen LogP contribution is -2.58. The zero-order chi connectivity index (χ0) is 21.1. The Morgan fingerprint density at radius 3 is 2.32 bits per heavy atom. The van der Waals surface area contributed by atoms with E-state index in [1.807, 2.05) is 13.8 Å². The van der Waals surface area contributed by atoms with E-state index in [0.29, 0.717) is 32.7 Å². The minimum absolute atomic E-state index is 0.0880. The molecule has 1 saturated carbocycles. The molecule has 0 bridgehead atoms. The maximum Gasteiger partial charge on any atom is 0.309 e. The van der Waals surface area contributed by atoms with Crippen molar-refractivity contribution in [2.75, 3.05) is 26.9 Å². The standard InChI is InChI=1S/C21H40O6Si/c1-9-24-18-12-14-15(20(22)25-10-2)11-17(19(23-6)16(14)13-26-18)27-28(7,8)21(3,4)5/h14-19H,9-13H2,1-8H3/t14-,15-,16-,17+,18?,19+/m0/s1. The molecule has 2 rings (SSSR count). The maximum absolute atomic E-state index is 12.8. The highest BCUT2D eigenvalue weighted by molar-refractivity contribution is 6.74. The van der Waals surface area contributed by atoms with Crippen LogP contribution >= 0.6 is 0 Å². The summed E-state index contributed by atoms with van der Waals surface area (Å²) in [5.41, 5.74) is 0. The van der Waals surface area contributed by atoms with Gasteiger partial charge in [-0.2, -0.15) is 0 Å². The summed E-state index contributed by atoms with van der Waals surface area (Å²) in [4.78, 5) is 12.8. The molecule has 0 amide bonds. The normalized spacial score (nSPS) is 34.0. The van der Waals surface area contributed by atoms with Crippen LogP contribution in [0.25, 0.3) is 0 Å². The van der Waals surface area contributed by atoms with Crippen molar-refractivity contribution < 1.29 is 28.2 Å². The highest BCUT2D eigenvalue weighted by atomic mass is 28.4. The fourth-order valence-corrected chi connectivity index (χ4v) is 5.60. The van der Waals surface area contributed by atoms with Gasteiger partial charge in [-0.3, -0.25) is 4.79 Å². The van der Waals surface area contributed by atoms with Gasteiger partial charge in [0.05, 0.1) is 31.3 Å². The van der Waals surface area contributed by atoms with Gasteiger partial charge in [0.1, 0.15) is 0 Å². The number of carbonyl (C=O) groups is 1. The predicted octanol–water partition coefficient (Wildman–Crippen LogP) is 3.99. The molecule has 0 aromatic carbocycles. The summed E-state index contributed by atoms with van der Waals surface area (Å²) < 4.78 is 29.8. The van der Waals surface area contributed by atoms with E-state index in [-0.39, 0.29) is 47.3 Å². The number of fused-ring (bicyclic) bond motifs is 1. The summed E-state index contributed by atoms with van der Waals surface area (Å²) in [6.07, 6.45) is 0.832. The topological polar surface area (TPSA) is 63.2 Å². The van der Waals surface area contributed by atoms with E-state index in [2.05, 4.69) is 33.9 Å². The molecule has 1 aliphatic heterocycles. The van der Waals surface area contributed by atoms with Crippen LogP contribution in [0.2, 0.25) is 18.1 Å². The molecule has 6 nitrogen and oxygen atoms in total. The minimum atomic E-state index is -2.01. The molecule has 1 aliphatic carbocycles. The Hall–Kier alpha value is -0.473. The van der Waals surface area contributed by atoms with Crippen molar-refractivity contribution in [2.45, 2.75) is 84.1 Å². The van der Waals surface area contributed by atoms with Crippen molar-refractivity contribution in [1.29, 1.82) is 0 Å².